The van der Waals surface area contributed by atoms with E-state index in [9.17, 15) is 8.42 Å². The molecule has 0 fully saturated rings. The van der Waals surface area contributed by atoms with E-state index in [4.69, 9.17) is 5.73 Å². The van der Waals surface area contributed by atoms with E-state index in [1.807, 2.05) is 6.92 Å². The van der Waals surface area contributed by atoms with Gasteiger partial charge in [0.25, 0.3) is 0 Å². The number of anilines is 1. The number of sulfonamides is 1. The Morgan fingerprint density at radius 3 is 2.60 bits per heavy atom. The third-order valence-corrected chi connectivity index (χ3v) is 3.65. The van der Waals surface area contributed by atoms with Gasteiger partial charge in [-0.15, -0.1) is 0 Å². The largest absolute Gasteiger partial charge is 0.396 e. The zero-order valence-corrected chi connectivity index (χ0v) is 9.95. The highest BCUT2D eigenvalue weighted by molar-refractivity contribution is 7.88. The van der Waals surface area contributed by atoms with Crippen molar-refractivity contribution in [3.05, 3.63) is 11.9 Å². The van der Waals surface area contributed by atoms with Gasteiger partial charge in [0.1, 0.15) is 0 Å². The van der Waals surface area contributed by atoms with Crippen molar-refractivity contribution < 1.29 is 8.42 Å². The highest BCUT2D eigenvalue weighted by Gasteiger charge is 2.11. The molecule has 0 aliphatic heterocycles. The van der Waals surface area contributed by atoms with Gasteiger partial charge in [0.2, 0.25) is 10.0 Å². The molecule has 1 aromatic rings. The summed E-state index contributed by atoms with van der Waals surface area (Å²) in [7, 11) is -1.58. The lowest BCUT2D eigenvalue weighted by Gasteiger charge is -2.14. The molecular formula is C8H16N4O2S. The molecular weight excluding hydrogens is 216 g/mol. The molecule has 0 saturated heterocycles. The average molecular weight is 232 g/mol. The van der Waals surface area contributed by atoms with Crippen molar-refractivity contribution in [3.8, 4) is 0 Å². The summed E-state index contributed by atoms with van der Waals surface area (Å²) in [6, 6.07) is 0. The molecule has 86 valence electrons. The summed E-state index contributed by atoms with van der Waals surface area (Å²) >= 11 is 0. The zero-order chi connectivity index (χ0) is 11.6. The van der Waals surface area contributed by atoms with Crippen LogP contribution in [0.5, 0.6) is 0 Å². The molecule has 15 heavy (non-hydrogen) atoms. The van der Waals surface area contributed by atoms with E-state index < -0.39 is 10.0 Å². The van der Waals surface area contributed by atoms with Crippen LogP contribution in [0, 0.1) is 6.92 Å². The Kier molecular flexibility index (Phi) is 3.35. The van der Waals surface area contributed by atoms with E-state index in [0.29, 0.717) is 18.8 Å². The third-order valence-electron chi connectivity index (χ3n) is 2.33. The standard InChI is InChI=1S/C8H16N4O2S/c1-7-8(9)6-10-12(7)5-4-11(2)15(3,13)14/h6H,4-5,9H2,1-3H3. The summed E-state index contributed by atoms with van der Waals surface area (Å²) in [5, 5.41) is 4.04. The molecule has 2 N–H and O–H groups in total. The minimum atomic E-state index is -3.12. The van der Waals surface area contributed by atoms with Gasteiger partial charge < -0.3 is 5.73 Å². The van der Waals surface area contributed by atoms with Crippen molar-refractivity contribution in [3.63, 3.8) is 0 Å². The van der Waals surface area contributed by atoms with Crippen molar-refractivity contribution in [2.75, 3.05) is 25.6 Å². The van der Waals surface area contributed by atoms with E-state index in [1.54, 1.807) is 10.9 Å². The molecule has 0 aliphatic rings. The van der Waals surface area contributed by atoms with Gasteiger partial charge in [-0.25, -0.2) is 12.7 Å². The summed E-state index contributed by atoms with van der Waals surface area (Å²) < 4.78 is 25.2. The molecule has 6 nitrogen and oxygen atoms in total. The zero-order valence-electron chi connectivity index (χ0n) is 9.14. The second kappa shape index (κ2) is 4.19. The van der Waals surface area contributed by atoms with Crippen molar-refractivity contribution in [1.82, 2.24) is 14.1 Å². The molecule has 0 bridgehead atoms. The molecule has 1 heterocycles. The molecule has 0 atom stereocenters. The number of nitrogen functional groups attached to an aromatic ring is 1. The second-order valence-corrected chi connectivity index (χ2v) is 5.58. The van der Waals surface area contributed by atoms with Crippen LogP contribution in [0.4, 0.5) is 5.69 Å². The van der Waals surface area contributed by atoms with Crippen molar-refractivity contribution in [2.24, 2.45) is 0 Å². The second-order valence-electron chi connectivity index (χ2n) is 3.49. The summed E-state index contributed by atoms with van der Waals surface area (Å²) in [6.07, 6.45) is 2.74. The molecule has 0 spiro atoms. The van der Waals surface area contributed by atoms with Gasteiger partial charge in [0, 0.05) is 13.6 Å². The lowest BCUT2D eigenvalue weighted by molar-refractivity contribution is 0.433. The smallest absolute Gasteiger partial charge is 0.211 e. The van der Waals surface area contributed by atoms with Crippen LogP contribution in [-0.2, 0) is 16.6 Å². The van der Waals surface area contributed by atoms with Crippen LogP contribution in [0.25, 0.3) is 0 Å². The molecule has 0 amide bonds. The fraction of sp³-hybridized carbons (Fsp3) is 0.625. The number of aromatic nitrogens is 2. The van der Waals surface area contributed by atoms with Crippen LogP contribution in [0.1, 0.15) is 5.69 Å². The van der Waals surface area contributed by atoms with Crippen LogP contribution in [0.3, 0.4) is 0 Å². The predicted molar refractivity (Wildman–Crippen MR) is 58.9 cm³/mol. The minimum Gasteiger partial charge on any atom is -0.396 e. The number of rotatable bonds is 4. The summed E-state index contributed by atoms with van der Waals surface area (Å²) in [4.78, 5) is 0. The molecule has 0 aliphatic carbocycles. The maximum atomic E-state index is 11.1. The quantitative estimate of drug-likeness (QED) is 0.770. The number of nitrogens with two attached hydrogens (primary N) is 1. The van der Waals surface area contributed by atoms with E-state index in [0.717, 1.165) is 5.69 Å². The Bertz CT molecular complexity index is 437. The highest BCUT2D eigenvalue weighted by atomic mass is 32.2. The van der Waals surface area contributed by atoms with Gasteiger partial charge in [-0.2, -0.15) is 5.10 Å². The van der Waals surface area contributed by atoms with Gasteiger partial charge >= 0.3 is 0 Å². The fourth-order valence-corrected chi connectivity index (χ4v) is 1.50. The highest BCUT2D eigenvalue weighted by Crippen LogP contribution is 2.08. The Labute approximate surface area is 89.7 Å². The molecule has 1 rings (SSSR count). The number of hydrogen-bond acceptors (Lipinski definition) is 4. The monoisotopic (exact) mass is 232 g/mol. The van der Waals surface area contributed by atoms with Crippen molar-refractivity contribution >= 4 is 15.7 Å². The normalized spacial score (nSPS) is 12.3. The first-order valence-corrected chi connectivity index (χ1v) is 6.36. The first kappa shape index (κ1) is 12.0. The van der Waals surface area contributed by atoms with E-state index in [-0.39, 0.29) is 0 Å². The number of nitrogens with zero attached hydrogens (tertiary/aromatic N) is 3. The maximum Gasteiger partial charge on any atom is 0.211 e. The summed E-state index contributed by atoms with van der Waals surface area (Å²) in [5.74, 6) is 0. The Hall–Kier alpha value is -1.08. The van der Waals surface area contributed by atoms with Crippen LogP contribution in [0.15, 0.2) is 6.20 Å². The summed E-state index contributed by atoms with van der Waals surface area (Å²) in [5.41, 5.74) is 7.10. The SMILES string of the molecule is Cc1c(N)cnn1CCN(C)S(C)(=O)=O. The minimum absolute atomic E-state index is 0.390. The van der Waals surface area contributed by atoms with E-state index in [1.165, 1.54) is 17.6 Å². The molecule has 1 aromatic heterocycles. The van der Waals surface area contributed by atoms with Crippen LogP contribution in [-0.4, -0.2) is 42.4 Å². The van der Waals surface area contributed by atoms with Gasteiger partial charge in [-0.1, -0.05) is 0 Å². The number of likely N-dealkylation sites (N-methyl/N-ethyl adjacent to an activating group) is 1. The predicted octanol–water partition coefficient (Wildman–Crippen LogP) is -0.335. The molecule has 0 aromatic carbocycles. The first-order chi connectivity index (χ1) is 6.82. The van der Waals surface area contributed by atoms with Gasteiger partial charge in [0.15, 0.2) is 0 Å². The van der Waals surface area contributed by atoms with E-state index in [2.05, 4.69) is 5.10 Å². The van der Waals surface area contributed by atoms with Crippen LogP contribution >= 0.6 is 0 Å². The lowest BCUT2D eigenvalue weighted by atomic mass is 10.4. The topological polar surface area (TPSA) is 81.2 Å². The molecule has 0 saturated carbocycles. The van der Waals surface area contributed by atoms with Crippen LogP contribution < -0.4 is 5.73 Å². The molecule has 7 heteroatoms. The van der Waals surface area contributed by atoms with Gasteiger partial charge in [0.05, 0.1) is 30.4 Å². The van der Waals surface area contributed by atoms with E-state index >= 15 is 0 Å². The molecule has 0 radical (unpaired) electrons. The fourth-order valence-electron chi connectivity index (χ4n) is 1.09. The Balaban J connectivity index is 2.62. The van der Waals surface area contributed by atoms with Gasteiger partial charge in [-0.05, 0) is 6.92 Å². The molecule has 0 unspecified atom stereocenters. The average Bonchev–Trinajstić information content (AvgIpc) is 2.43. The summed E-state index contributed by atoms with van der Waals surface area (Å²) in [6.45, 7) is 2.75. The Morgan fingerprint density at radius 1 is 1.60 bits per heavy atom. The van der Waals surface area contributed by atoms with Gasteiger partial charge in [-0.3, -0.25) is 4.68 Å². The number of hydrogen-bond donors (Lipinski definition) is 1. The Morgan fingerprint density at radius 2 is 2.20 bits per heavy atom. The lowest BCUT2D eigenvalue weighted by Crippen LogP contribution is -2.29. The maximum absolute atomic E-state index is 11.1. The van der Waals surface area contributed by atoms with Crippen LogP contribution in [0.2, 0.25) is 0 Å². The van der Waals surface area contributed by atoms with Crippen molar-refractivity contribution in [1.29, 1.82) is 0 Å². The first-order valence-electron chi connectivity index (χ1n) is 4.51. The van der Waals surface area contributed by atoms with Crippen molar-refractivity contribution in [2.45, 2.75) is 13.5 Å². The third kappa shape index (κ3) is 2.93.